The molecule has 0 spiro atoms. The summed E-state index contributed by atoms with van der Waals surface area (Å²) in [5, 5.41) is 89.8. The fourth-order valence-corrected chi connectivity index (χ4v) is 12.0. The zero-order valence-corrected chi connectivity index (χ0v) is 85.8. The van der Waals surface area contributed by atoms with Gasteiger partial charge in [0.05, 0.1) is 30.8 Å². The molecule has 4 unspecified atom stereocenters. The first-order valence-corrected chi connectivity index (χ1v) is 52.0. The molecule has 774 valence electrons. The first kappa shape index (κ1) is 138. The SMILES string of the molecule is CCCCCC(=O)/C=C/C=C\C/C=C\C/C=C\CCCC(=O)O.CCCCCC(=O)CC/C=C\C/C=C\C/C=C\CCCC(=O)O.CCCCCC(O)/C=C/C=C\C/C=C\C/C=C\CC(=O)O.CCCCCC(O)/C=C/C=C\C/C=C\C/C=C\CCCC(=O)O.CCCCCC(O)CC/C=C\C/C=C\C/C=C\CCCC(=O)O.CCCCCCC(O)/C=C/C=C\C/C=C\C/C=C\CCCC(=O)O. The highest BCUT2D eigenvalue weighted by atomic mass is 16.4. The maximum absolute atomic E-state index is 11.5. The fourth-order valence-electron chi connectivity index (χ4n) is 12.0. The van der Waals surface area contributed by atoms with Gasteiger partial charge in [-0.2, -0.15) is 0 Å². The number of hydrogen-bond donors (Lipinski definition) is 10. The highest BCUT2D eigenvalue weighted by molar-refractivity contribution is 5.89. The third-order valence-corrected chi connectivity index (χ3v) is 20.0. The van der Waals surface area contributed by atoms with Gasteiger partial charge in [0.15, 0.2) is 5.78 Å². The molecule has 0 aliphatic carbocycles. The van der Waals surface area contributed by atoms with Crippen LogP contribution in [0.5, 0.6) is 0 Å². The average molecular weight is 1910 g/mol. The molecule has 10 N–H and O–H groups in total. The van der Waals surface area contributed by atoms with Gasteiger partial charge in [-0.05, 0) is 205 Å². The minimum absolute atomic E-state index is 0.0825. The molecule has 18 nitrogen and oxygen atoms in total. The molecule has 0 aromatic rings. The van der Waals surface area contributed by atoms with Crippen molar-refractivity contribution in [1.82, 2.24) is 0 Å². The molecular formula is C119H190O18. The zero-order valence-electron chi connectivity index (χ0n) is 85.8. The summed E-state index contributed by atoms with van der Waals surface area (Å²) in [6.45, 7) is 13.0. The Kier molecular flexibility index (Phi) is 123. The molecule has 0 saturated carbocycles. The van der Waals surface area contributed by atoms with Crippen LogP contribution in [-0.4, -0.2) is 123 Å². The molecular weight excluding hydrogens is 1720 g/mol. The smallest absolute Gasteiger partial charge is 0.307 e. The highest BCUT2D eigenvalue weighted by Crippen LogP contribution is 2.14. The summed E-state index contributed by atoms with van der Waals surface area (Å²) >= 11 is 0. The topological polar surface area (TPSA) is 339 Å². The number of allylic oxidation sites excluding steroid dienone is 40. The van der Waals surface area contributed by atoms with Crippen molar-refractivity contribution in [3.63, 3.8) is 0 Å². The molecule has 0 heterocycles. The van der Waals surface area contributed by atoms with E-state index in [0.717, 1.165) is 225 Å². The lowest BCUT2D eigenvalue weighted by Gasteiger charge is -2.07. The molecule has 0 aromatic carbocycles. The van der Waals surface area contributed by atoms with E-state index in [4.69, 9.17) is 30.6 Å². The molecule has 137 heavy (non-hydrogen) atoms. The number of carboxylic acid groups (broad SMARTS) is 6. The Morgan fingerprint density at radius 2 is 0.438 bits per heavy atom. The normalized spacial score (nSPS) is 13.2. The number of aliphatic hydroxyl groups is 4. The monoisotopic (exact) mass is 1910 g/mol. The van der Waals surface area contributed by atoms with E-state index in [1.807, 2.05) is 128 Å². The van der Waals surface area contributed by atoms with E-state index in [2.05, 4.69) is 169 Å². The molecule has 0 aromatic heterocycles. The Labute approximate surface area is 831 Å². The van der Waals surface area contributed by atoms with Crippen LogP contribution in [-0.2, 0) is 38.4 Å². The van der Waals surface area contributed by atoms with E-state index in [0.29, 0.717) is 50.7 Å². The predicted octanol–water partition coefficient (Wildman–Crippen LogP) is 31.6. The van der Waals surface area contributed by atoms with Gasteiger partial charge in [-0.1, -0.05) is 412 Å². The predicted molar refractivity (Wildman–Crippen MR) is 578 cm³/mol. The van der Waals surface area contributed by atoms with E-state index in [-0.39, 0.29) is 68.7 Å². The molecule has 0 aliphatic rings. The van der Waals surface area contributed by atoms with E-state index in [9.17, 15) is 58.8 Å². The minimum Gasteiger partial charge on any atom is -0.481 e. The summed E-state index contributed by atoms with van der Waals surface area (Å²) in [5.41, 5.74) is 0. The summed E-state index contributed by atoms with van der Waals surface area (Å²) in [5.74, 6) is -3.87. The summed E-state index contributed by atoms with van der Waals surface area (Å²) in [6.07, 6.45) is 136. The second-order valence-electron chi connectivity index (χ2n) is 33.4. The van der Waals surface area contributed by atoms with Crippen molar-refractivity contribution >= 4 is 47.4 Å². The second kappa shape index (κ2) is 122. The van der Waals surface area contributed by atoms with Crippen LogP contribution < -0.4 is 0 Å². The fraction of sp³-hybridized carbons (Fsp3) is 0.563. The van der Waals surface area contributed by atoms with Crippen molar-refractivity contribution in [3.05, 3.63) is 267 Å². The maximum atomic E-state index is 11.5. The Balaban J connectivity index is -0.000000376. The molecule has 0 fully saturated rings. The Morgan fingerprint density at radius 3 is 0.737 bits per heavy atom. The van der Waals surface area contributed by atoms with Gasteiger partial charge in [-0.15, -0.1) is 0 Å². The summed E-state index contributed by atoms with van der Waals surface area (Å²) in [7, 11) is 0. The lowest BCUT2D eigenvalue weighted by Crippen LogP contribution is -2.05. The number of aliphatic hydroxyl groups excluding tert-OH is 4. The van der Waals surface area contributed by atoms with Crippen molar-refractivity contribution in [2.75, 3.05) is 0 Å². The van der Waals surface area contributed by atoms with Crippen LogP contribution in [0.15, 0.2) is 267 Å². The van der Waals surface area contributed by atoms with Crippen LogP contribution in [0.1, 0.15) is 408 Å². The quantitative estimate of drug-likeness (QED) is 0.0117. The molecule has 0 bridgehead atoms. The Morgan fingerprint density at radius 1 is 0.197 bits per heavy atom. The van der Waals surface area contributed by atoms with E-state index in [1.54, 1.807) is 12.2 Å². The van der Waals surface area contributed by atoms with Crippen LogP contribution in [0.2, 0.25) is 0 Å². The van der Waals surface area contributed by atoms with Gasteiger partial charge in [0.25, 0.3) is 0 Å². The van der Waals surface area contributed by atoms with Crippen LogP contribution in [0, 0.1) is 0 Å². The molecule has 0 rings (SSSR count). The molecule has 0 aliphatic heterocycles. The van der Waals surface area contributed by atoms with Crippen molar-refractivity contribution in [3.8, 4) is 0 Å². The number of aliphatic carboxylic acids is 6. The minimum atomic E-state index is -0.804. The van der Waals surface area contributed by atoms with Crippen molar-refractivity contribution in [2.24, 2.45) is 0 Å². The van der Waals surface area contributed by atoms with Crippen LogP contribution in [0.25, 0.3) is 0 Å². The number of carboxylic acids is 6. The van der Waals surface area contributed by atoms with E-state index >= 15 is 0 Å². The largest absolute Gasteiger partial charge is 0.481 e. The van der Waals surface area contributed by atoms with Gasteiger partial charge in [0.2, 0.25) is 0 Å². The first-order valence-electron chi connectivity index (χ1n) is 52.0. The van der Waals surface area contributed by atoms with Crippen LogP contribution in [0.3, 0.4) is 0 Å². The number of unbranched alkanes of at least 4 members (excludes halogenated alkanes) is 18. The third kappa shape index (κ3) is 147. The number of carbonyl (C=O) groups excluding carboxylic acids is 2. The van der Waals surface area contributed by atoms with Gasteiger partial charge in [-0.25, -0.2) is 0 Å². The van der Waals surface area contributed by atoms with E-state index in [1.165, 1.54) is 57.8 Å². The van der Waals surface area contributed by atoms with Crippen molar-refractivity contribution in [2.45, 2.75) is 432 Å². The van der Waals surface area contributed by atoms with Crippen molar-refractivity contribution < 1.29 is 89.4 Å². The lowest BCUT2D eigenvalue weighted by atomic mass is 10.1. The Hall–Kier alpha value is -9.72. The van der Waals surface area contributed by atoms with Gasteiger partial charge < -0.3 is 51.1 Å². The zero-order chi connectivity index (χ0) is 102. The molecule has 0 radical (unpaired) electrons. The van der Waals surface area contributed by atoms with E-state index < -0.39 is 35.8 Å². The molecule has 4 atom stereocenters. The number of rotatable bonds is 85. The third-order valence-electron chi connectivity index (χ3n) is 20.0. The van der Waals surface area contributed by atoms with Crippen molar-refractivity contribution in [1.29, 1.82) is 0 Å². The average Bonchev–Trinajstić information content (AvgIpc) is 1.00. The first-order chi connectivity index (χ1) is 66.5. The summed E-state index contributed by atoms with van der Waals surface area (Å²) in [4.78, 5) is 84.9. The highest BCUT2D eigenvalue weighted by Gasteiger charge is 2.05. The van der Waals surface area contributed by atoms with Gasteiger partial charge >= 0.3 is 35.8 Å². The Bertz CT molecular complexity index is 3510. The second-order valence-corrected chi connectivity index (χ2v) is 33.4. The lowest BCUT2D eigenvalue weighted by molar-refractivity contribution is -0.138. The molecule has 0 saturated heterocycles. The standard InChI is InChI=1S/C21H34O3.C20H34O3.2C20H32O3.C20H30O3.C18H28O3/c1-2-3-4-14-17-20(22)18-15-12-10-8-6-5-7-9-11-13-16-19-21(23)24;4*1-2-3-13-16-19(21)17-14-11-9-7-5-4-6-8-10-12-15-18-20(22)23;1-2-3-11-14-17(19)15-12-9-7-5-4-6-8-10-13-16-18(20)21/h5-6,9-12,15,18,20,22H,2-4,7-8,13-14,16-17,19H2,1H3,(H,23,24);4-5,8-11,19,21H,2-3,6-7,12-18H2,1H3,(H,22,23);4-5,8-11H,2-3,6-7,12-18H2,1H3,(H,22,23);4-5,8-11,14,17,19,21H,2-3,6-7,12-13,15-16,18H2,1H3,(H,22,23);4-5,8-11,14,17H,2-3,6-7,12-13,15-16,18H2,1H3,(H,22,23);4,6-7,9-10,12-13,15,17,19H,2-3,5,8,11,14,16H2,1H3,(H,20,21)/b6-5-,11-9-,12-10-,18-15+;2*5-4-,10-8-,11-9-;2*5-4-,10-8-,11-9-,17-14+;6-4-,9-7-,13-10-,15-12+. The maximum Gasteiger partial charge on any atom is 0.307 e. The number of carbonyl (C=O) groups is 8. The van der Waals surface area contributed by atoms with Gasteiger partial charge in [0, 0.05) is 51.4 Å². The van der Waals surface area contributed by atoms with Crippen LogP contribution in [0.4, 0.5) is 0 Å². The summed E-state index contributed by atoms with van der Waals surface area (Å²) in [6, 6.07) is 0. The number of ketones is 2. The van der Waals surface area contributed by atoms with Gasteiger partial charge in [-0.3, -0.25) is 38.4 Å². The summed E-state index contributed by atoms with van der Waals surface area (Å²) < 4.78 is 0. The van der Waals surface area contributed by atoms with Crippen LogP contribution >= 0.6 is 0 Å². The number of hydrogen-bond acceptors (Lipinski definition) is 12. The number of Topliss-reactive ketones (excluding diaryl/α,β-unsaturated/α-hetero) is 1. The molecule has 18 heteroatoms. The molecule has 0 amide bonds. The van der Waals surface area contributed by atoms with Gasteiger partial charge in [0.1, 0.15) is 5.78 Å².